The molecule has 0 heteroatoms. The highest BCUT2D eigenvalue weighted by molar-refractivity contribution is 4.84. The second-order valence-electron chi connectivity index (χ2n) is 9.25. The van der Waals surface area contributed by atoms with Gasteiger partial charge in [0.25, 0.3) is 0 Å². The van der Waals surface area contributed by atoms with Gasteiger partial charge in [-0.05, 0) is 83.5 Å². The Morgan fingerprint density at radius 1 is 0.290 bits per heavy atom. The second kappa shape index (κ2) is 29.2. The van der Waals surface area contributed by atoms with Gasteiger partial charge in [-0.3, -0.25) is 0 Å². The standard InChI is InChI=1S/C31H57/c1-3-5-7-9-11-13-15-17-19-21-23-25-27-29-31-30-28-26-24-22-20-18-16-14-12-10-8-6-4-2/h11-14,23,29,31H,3-10,15-22,24-28,30H2,1-2H3/b13-11?,14-12-,31-29?. The first kappa shape index (κ1) is 30.2. The average molecular weight is 430 g/mol. The molecule has 181 valence electrons. The molecule has 0 atom stereocenters. The predicted molar refractivity (Wildman–Crippen MR) is 145 cm³/mol. The Balaban J connectivity index is 3.15. The summed E-state index contributed by atoms with van der Waals surface area (Å²) in [7, 11) is 0. The second-order valence-corrected chi connectivity index (χ2v) is 9.25. The zero-order chi connectivity index (χ0) is 22.5. The molecule has 0 heterocycles. The minimum atomic E-state index is 1.24. The van der Waals surface area contributed by atoms with Crippen LogP contribution in [0.15, 0.2) is 36.5 Å². The lowest BCUT2D eigenvalue weighted by Crippen LogP contribution is -1.80. The zero-order valence-corrected chi connectivity index (χ0v) is 21.6. The molecule has 0 aromatic rings. The summed E-state index contributed by atoms with van der Waals surface area (Å²) < 4.78 is 0. The van der Waals surface area contributed by atoms with Crippen molar-refractivity contribution in [3.8, 4) is 0 Å². The molecule has 0 amide bonds. The van der Waals surface area contributed by atoms with E-state index in [1.54, 1.807) is 0 Å². The van der Waals surface area contributed by atoms with Crippen LogP contribution in [0.4, 0.5) is 0 Å². The molecule has 0 spiro atoms. The number of hydrogen-bond donors (Lipinski definition) is 0. The van der Waals surface area contributed by atoms with E-state index in [0.717, 1.165) is 0 Å². The van der Waals surface area contributed by atoms with Gasteiger partial charge in [0.15, 0.2) is 0 Å². The van der Waals surface area contributed by atoms with E-state index >= 15 is 0 Å². The van der Waals surface area contributed by atoms with Gasteiger partial charge in [-0.1, -0.05) is 115 Å². The van der Waals surface area contributed by atoms with Crippen molar-refractivity contribution in [3.63, 3.8) is 0 Å². The van der Waals surface area contributed by atoms with Crippen molar-refractivity contribution in [2.24, 2.45) is 0 Å². The predicted octanol–water partition coefficient (Wildman–Crippen LogP) is 11.5. The zero-order valence-electron chi connectivity index (χ0n) is 21.6. The summed E-state index contributed by atoms with van der Waals surface area (Å²) in [6.45, 7) is 4.55. The molecule has 0 N–H and O–H groups in total. The van der Waals surface area contributed by atoms with E-state index in [0.29, 0.717) is 0 Å². The van der Waals surface area contributed by atoms with Gasteiger partial charge in [0.1, 0.15) is 0 Å². The van der Waals surface area contributed by atoms with E-state index in [1.807, 2.05) is 0 Å². The van der Waals surface area contributed by atoms with Gasteiger partial charge >= 0.3 is 0 Å². The van der Waals surface area contributed by atoms with Gasteiger partial charge < -0.3 is 0 Å². The molecule has 0 nitrogen and oxygen atoms in total. The number of allylic oxidation sites excluding steroid dienone is 6. The first-order chi connectivity index (χ1) is 15.4. The summed E-state index contributed by atoms with van der Waals surface area (Å²) in [5.41, 5.74) is 0. The number of hydrogen-bond acceptors (Lipinski definition) is 0. The van der Waals surface area contributed by atoms with Crippen LogP contribution in [-0.2, 0) is 0 Å². The normalized spacial score (nSPS) is 12.2. The van der Waals surface area contributed by atoms with Crippen LogP contribution in [-0.4, -0.2) is 0 Å². The number of unbranched alkanes of at least 4 members (excludes halogenated alkanes) is 19. The van der Waals surface area contributed by atoms with Crippen LogP contribution in [0.25, 0.3) is 0 Å². The Morgan fingerprint density at radius 2 is 0.613 bits per heavy atom. The van der Waals surface area contributed by atoms with E-state index in [4.69, 9.17) is 0 Å². The van der Waals surface area contributed by atoms with E-state index in [1.165, 1.54) is 141 Å². The van der Waals surface area contributed by atoms with E-state index in [2.05, 4.69) is 56.7 Å². The fraction of sp³-hybridized carbons (Fsp3) is 0.774. The summed E-state index contributed by atoms with van der Waals surface area (Å²) in [5.74, 6) is 0. The Labute approximate surface area is 198 Å². The molecular formula is C31H57. The maximum Gasteiger partial charge on any atom is -0.0348 e. The first-order valence-corrected chi connectivity index (χ1v) is 14.2. The third-order valence-electron chi connectivity index (χ3n) is 6.01. The van der Waals surface area contributed by atoms with Gasteiger partial charge in [0.05, 0.1) is 0 Å². The van der Waals surface area contributed by atoms with Crippen molar-refractivity contribution in [2.75, 3.05) is 0 Å². The Bertz CT molecular complexity index is 387. The van der Waals surface area contributed by atoms with Crippen molar-refractivity contribution in [2.45, 2.75) is 155 Å². The highest BCUT2D eigenvalue weighted by Gasteiger charge is 1.92. The largest absolute Gasteiger partial charge is 0.0885 e. The molecule has 31 heavy (non-hydrogen) atoms. The molecule has 0 bridgehead atoms. The maximum absolute atomic E-state index is 2.50. The molecule has 0 aliphatic carbocycles. The van der Waals surface area contributed by atoms with Gasteiger partial charge in [-0.15, -0.1) is 0 Å². The summed E-state index contributed by atoms with van der Waals surface area (Å²) in [6, 6.07) is 0. The monoisotopic (exact) mass is 429 g/mol. The van der Waals surface area contributed by atoms with E-state index in [-0.39, 0.29) is 0 Å². The molecular weight excluding hydrogens is 372 g/mol. The summed E-state index contributed by atoms with van der Waals surface area (Å²) in [5, 5.41) is 0. The van der Waals surface area contributed by atoms with Crippen molar-refractivity contribution >= 4 is 0 Å². The van der Waals surface area contributed by atoms with Crippen molar-refractivity contribution in [3.05, 3.63) is 42.9 Å². The summed E-state index contributed by atoms with van der Waals surface area (Å²) in [4.78, 5) is 0. The molecule has 0 aromatic carbocycles. The van der Waals surface area contributed by atoms with Crippen LogP contribution >= 0.6 is 0 Å². The molecule has 0 aliphatic heterocycles. The lowest BCUT2D eigenvalue weighted by Gasteiger charge is -2.00. The Hall–Kier alpha value is -0.780. The minimum Gasteiger partial charge on any atom is -0.0885 e. The van der Waals surface area contributed by atoms with Gasteiger partial charge in [0.2, 0.25) is 0 Å². The third kappa shape index (κ3) is 29.2. The minimum absolute atomic E-state index is 1.24. The molecule has 0 rings (SSSR count). The summed E-state index contributed by atoms with van der Waals surface area (Å²) >= 11 is 0. The lowest BCUT2D eigenvalue weighted by molar-refractivity contribution is 0.599. The number of rotatable bonds is 25. The first-order valence-electron chi connectivity index (χ1n) is 14.2. The van der Waals surface area contributed by atoms with Crippen molar-refractivity contribution in [1.82, 2.24) is 0 Å². The van der Waals surface area contributed by atoms with Gasteiger partial charge in [-0.25, -0.2) is 0 Å². The third-order valence-corrected chi connectivity index (χ3v) is 6.01. The van der Waals surface area contributed by atoms with E-state index in [9.17, 15) is 0 Å². The molecule has 0 aromatic heterocycles. The Morgan fingerprint density at radius 3 is 1.06 bits per heavy atom. The molecule has 0 aliphatic rings. The lowest BCUT2D eigenvalue weighted by atomic mass is 10.1. The topological polar surface area (TPSA) is 0 Å². The van der Waals surface area contributed by atoms with Crippen molar-refractivity contribution < 1.29 is 0 Å². The van der Waals surface area contributed by atoms with E-state index < -0.39 is 0 Å². The quantitative estimate of drug-likeness (QED) is 0.0999. The fourth-order valence-corrected chi connectivity index (χ4v) is 3.87. The smallest absolute Gasteiger partial charge is 0.0348 e. The fourth-order valence-electron chi connectivity index (χ4n) is 3.87. The summed E-state index contributed by atoms with van der Waals surface area (Å²) in [6.07, 6.45) is 46.5. The molecule has 0 unspecified atom stereocenters. The van der Waals surface area contributed by atoms with Crippen molar-refractivity contribution in [1.29, 1.82) is 0 Å². The van der Waals surface area contributed by atoms with Gasteiger partial charge in [-0.2, -0.15) is 0 Å². The van der Waals surface area contributed by atoms with Crippen LogP contribution in [0, 0.1) is 6.42 Å². The molecule has 0 saturated carbocycles. The van der Waals surface area contributed by atoms with Crippen LogP contribution in [0.3, 0.4) is 0 Å². The highest BCUT2D eigenvalue weighted by Crippen LogP contribution is 2.11. The molecule has 0 saturated heterocycles. The molecule has 1 radical (unpaired) electrons. The van der Waals surface area contributed by atoms with Crippen LogP contribution in [0.2, 0.25) is 0 Å². The van der Waals surface area contributed by atoms with Crippen LogP contribution in [0.5, 0.6) is 0 Å². The van der Waals surface area contributed by atoms with Gasteiger partial charge in [0, 0.05) is 0 Å². The average Bonchev–Trinajstić information content (AvgIpc) is 2.78. The highest BCUT2D eigenvalue weighted by atomic mass is 14.0. The Kier molecular flexibility index (Phi) is 28.5. The van der Waals surface area contributed by atoms with Crippen LogP contribution < -0.4 is 0 Å². The maximum atomic E-state index is 2.50. The molecule has 0 fully saturated rings. The van der Waals surface area contributed by atoms with Crippen LogP contribution in [0.1, 0.15) is 155 Å². The SMILES string of the molecule is CCCCCC=CCCCC[CH]CCC=CCCCCCCCC/C=C\CCCCC.